The third-order valence-corrected chi connectivity index (χ3v) is 3.60. The fourth-order valence-corrected chi connectivity index (χ4v) is 2.80. The topological polar surface area (TPSA) is 67.2 Å². The number of rotatable bonds is 2. The van der Waals surface area contributed by atoms with Crippen molar-refractivity contribution in [3.63, 3.8) is 0 Å². The first-order valence-corrected chi connectivity index (χ1v) is 5.97. The fourth-order valence-electron chi connectivity index (χ4n) is 1.73. The summed E-state index contributed by atoms with van der Waals surface area (Å²) in [4.78, 5) is 12.4. The molecule has 1 aromatic rings. The molecule has 0 spiro atoms. The van der Waals surface area contributed by atoms with Crippen LogP contribution in [0.5, 0.6) is 0 Å². The van der Waals surface area contributed by atoms with Crippen molar-refractivity contribution >= 4 is 34.6 Å². The first-order chi connectivity index (χ1) is 7.59. The summed E-state index contributed by atoms with van der Waals surface area (Å²) < 4.78 is 0. The van der Waals surface area contributed by atoms with Crippen molar-refractivity contribution in [2.75, 3.05) is 0 Å². The highest BCUT2D eigenvalue weighted by Gasteiger charge is 2.35. The summed E-state index contributed by atoms with van der Waals surface area (Å²) >= 11 is 6.60. The maximum atomic E-state index is 11.4. The Morgan fingerprint density at radius 1 is 1.62 bits per heavy atom. The van der Waals surface area contributed by atoms with Crippen molar-refractivity contribution in [2.24, 2.45) is 11.7 Å². The van der Waals surface area contributed by atoms with Crippen LogP contribution in [0.2, 0.25) is 0 Å². The summed E-state index contributed by atoms with van der Waals surface area (Å²) in [7, 11) is 0. The van der Waals surface area contributed by atoms with Crippen LogP contribution in [0.15, 0.2) is 29.8 Å². The van der Waals surface area contributed by atoms with E-state index in [0.29, 0.717) is 10.8 Å². The predicted molar refractivity (Wildman–Crippen MR) is 67.8 cm³/mol. The lowest BCUT2D eigenvalue weighted by atomic mass is 9.93. The first-order valence-electron chi connectivity index (χ1n) is 4.68. The number of hydrogen-bond acceptors (Lipinski definition) is 3. The molecule has 16 heavy (non-hydrogen) atoms. The molecule has 4 nitrogen and oxygen atoms in total. The maximum Gasteiger partial charge on any atom is 0.228 e. The molecule has 1 aliphatic rings. The zero-order chi connectivity index (χ0) is 11.7. The second-order valence-corrected chi connectivity index (χ2v) is 4.88. The SMILES string of the molecule is C=C1NC(=S)NC(c2cccs2)C1C(N)=O. The molecule has 84 valence electrons. The van der Waals surface area contributed by atoms with E-state index in [1.54, 1.807) is 11.3 Å². The summed E-state index contributed by atoms with van der Waals surface area (Å²) in [6.07, 6.45) is 0. The fraction of sp³-hybridized carbons (Fsp3) is 0.200. The highest BCUT2D eigenvalue weighted by Crippen LogP contribution is 2.31. The third kappa shape index (κ3) is 1.94. The van der Waals surface area contributed by atoms with E-state index in [4.69, 9.17) is 18.0 Å². The Morgan fingerprint density at radius 3 is 2.94 bits per heavy atom. The van der Waals surface area contributed by atoms with Crippen molar-refractivity contribution in [3.05, 3.63) is 34.7 Å². The van der Waals surface area contributed by atoms with E-state index in [9.17, 15) is 4.79 Å². The molecule has 0 radical (unpaired) electrons. The van der Waals surface area contributed by atoms with Gasteiger partial charge >= 0.3 is 0 Å². The second-order valence-electron chi connectivity index (χ2n) is 3.50. The number of thiocarbonyl (C=S) groups is 1. The minimum atomic E-state index is -0.481. The molecule has 0 bridgehead atoms. The van der Waals surface area contributed by atoms with Crippen LogP contribution < -0.4 is 16.4 Å². The molecule has 0 aromatic carbocycles. The lowest BCUT2D eigenvalue weighted by Gasteiger charge is -2.33. The van der Waals surface area contributed by atoms with Crippen LogP contribution in [-0.4, -0.2) is 11.0 Å². The molecule has 6 heteroatoms. The standard InChI is InChI=1S/C10H11N3OS2/c1-5-7(9(11)14)8(13-10(15)12-5)6-3-2-4-16-6/h2-4,7-8H,1H2,(H2,11,14)(H2,12,13,15). The zero-order valence-electron chi connectivity index (χ0n) is 8.40. The van der Waals surface area contributed by atoms with Gasteiger partial charge in [-0.3, -0.25) is 4.79 Å². The summed E-state index contributed by atoms with van der Waals surface area (Å²) in [5, 5.41) is 8.30. The Bertz CT molecular complexity index is 441. The summed E-state index contributed by atoms with van der Waals surface area (Å²) in [5.74, 6) is -0.892. The average Bonchev–Trinajstić information content (AvgIpc) is 2.67. The summed E-state index contributed by atoms with van der Waals surface area (Å²) in [6.45, 7) is 3.79. The van der Waals surface area contributed by atoms with E-state index < -0.39 is 11.8 Å². The zero-order valence-corrected chi connectivity index (χ0v) is 10.0. The van der Waals surface area contributed by atoms with E-state index >= 15 is 0 Å². The molecule has 0 aliphatic carbocycles. The summed E-state index contributed by atoms with van der Waals surface area (Å²) in [5.41, 5.74) is 5.93. The van der Waals surface area contributed by atoms with Gasteiger partial charge in [-0.15, -0.1) is 11.3 Å². The van der Waals surface area contributed by atoms with Gasteiger partial charge < -0.3 is 16.4 Å². The van der Waals surface area contributed by atoms with Crippen LogP contribution >= 0.6 is 23.6 Å². The van der Waals surface area contributed by atoms with Crippen LogP contribution in [0.25, 0.3) is 0 Å². The Hall–Kier alpha value is -1.40. The molecule has 1 aromatic heterocycles. The van der Waals surface area contributed by atoms with Crippen molar-refractivity contribution in [1.82, 2.24) is 10.6 Å². The molecular formula is C10H11N3OS2. The van der Waals surface area contributed by atoms with Gasteiger partial charge in [0.15, 0.2) is 5.11 Å². The molecule has 1 fully saturated rings. The Kier molecular flexibility index (Phi) is 2.93. The second kappa shape index (κ2) is 4.23. The normalized spacial score (nSPS) is 24.8. The average molecular weight is 253 g/mol. The van der Waals surface area contributed by atoms with E-state index in [1.165, 1.54) is 0 Å². The molecular weight excluding hydrogens is 242 g/mol. The molecule has 2 unspecified atom stereocenters. The van der Waals surface area contributed by atoms with Gasteiger partial charge in [-0.25, -0.2) is 0 Å². The highest BCUT2D eigenvalue weighted by atomic mass is 32.1. The Balaban J connectivity index is 2.35. The first kappa shape index (κ1) is 11.1. The predicted octanol–water partition coefficient (Wildman–Crippen LogP) is 0.882. The van der Waals surface area contributed by atoms with Gasteiger partial charge in [0.2, 0.25) is 5.91 Å². The maximum absolute atomic E-state index is 11.4. The third-order valence-electron chi connectivity index (χ3n) is 2.43. The van der Waals surface area contributed by atoms with Crippen molar-refractivity contribution in [1.29, 1.82) is 0 Å². The van der Waals surface area contributed by atoms with Crippen LogP contribution in [0.4, 0.5) is 0 Å². The van der Waals surface area contributed by atoms with Crippen LogP contribution in [0.3, 0.4) is 0 Å². The molecule has 4 N–H and O–H groups in total. The van der Waals surface area contributed by atoms with Gasteiger partial charge in [0.1, 0.15) is 5.92 Å². The minimum absolute atomic E-state index is 0.209. The minimum Gasteiger partial charge on any atom is -0.369 e. The molecule has 1 amide bonds. The molecule has 2 rings (SSSR count). The van der Waals surface area contributed by atoms with Gasteiger partial charge in [0, 0.05) is 10.6 Å². The summed E-state index contributed by atoms with van der Waals surface area (Å²) in [6, 6.07) is 3.66. The molecule has 2 heterocycles. The Labute approximate surface area is 103 Å². The van der Waals surface area contributed by atoms with E-state index in [1.807, 2.05) is 17.5 Å². The molecule has 1 aliphatic heterocycles. The van der Waals surface area contributed by atoms with Gasteiger partial charge in [-0.05, 0) is 23.7 Å². The number of nitrogens with one attached hydrogen (secondary N) is 2. The van der Waals surface area contributed by atoms with Crippen LogP contribution in [-0.2, 0) is 4.79 Å². The molecule has 0 saturated carbocycles. The monoisotopic (exact) mass is 253 g/mol. The highest BCUT2D eigenvalue weighted by molar-refractivity contribution is 7.80. The van der Waals surface area contributed by atoms with E-state index in [2.05, 4.69) is 17.2 Å². The van der Waals surface area contributed by atoms with Gasteiger partial charge in [0.05, 0.1) is 6.04 Å². The van der Waals surface area contributed by atoms with Crippen LogP contribution in [0.1, 0.15) is 10.9 Å². The quantitative estimate of drug-likeness (QED) is 0.685. The van der Waals surface area contributed by atoms with Crippen molar-refractivity contribution in [3.8, 4) is 0 Å². The number of amides is 1. The number of carbonyl (C=O) groups excluding carboxylic acids is 1. The Morgan fingerprint density at radius 2 is 2.38 bits per heavy atom. The molecule has 1 saturated heterocycles. The number of hydrogen-bond donors (Lipinski definition) is 3. The number of carbonyl (C=O) groups is 1. The number of nitrogens with two attached hydrogens (primary N) is 1. The number of thiophene rings is 1. The van der Waals surface area contributed by atoms with Gasteiger partial charge in [-0.1, -0.05) is 12.6 Å². The van der Waals surface area contributed by atoms with Crippen LogP contribution in [0, 0.1) is 5.92 Å². The molecule has 2 atom stereocenters. The van der Waals surface area contributed by atoms with Gasteiger partial charge in [-0.2, -0.15) is 0 Å². The van der Waals surface area contributed by atoms with Gasteiger partial charge in [0.25, 0.3) is 0 Å². The van der Waals surface area contributed by atoms with E-state index in [-0.39, 0.29) is 6.04 Å². The number of primary amides is 1. The van der Waals surface area contributed by atoms with E-state index in [0.717, 1.165) is 4.88 Å². The lowest BCUT2D eigenvalue weighted by Crippen LogP contribution is -2.51. The largest absolute Gasteiger partial charge is 0.369 e. The lowest BCUT2D eigenvalue weighted by molar-refractivity contribution is -0.121. The van der Waals surface area contributed by atoms with Crippen molar-refractivity contribution in [2.45, 2.75) is 6.04 Å². The van der Waals surface area contributed by atoms with Crippen molar-refractivity contribution < 1.29 is 4.79 Å². The smallest absolute Gasteiger partial charge is 0.228 e.